The zero-order chi connectivity index (χ0) is 18.2. The van der Waals surface area contributed by atoms with Gasteiger partial charge in [0.25, 0.3) is 9.84 Å². The summed E-state index contributed by atoms with van der Waals surface area (Å²) < 4.78 is 63.4. The second-order valence-electron chi connectivity index (χ2n) is 5.21. The molecule has 8 heteroatoms. The summed E-state index contributed by atoms with van der Waals surface area (Å²) >= 11 is 3.36. The molecular formula is C17H11BrF3NO2S. The van der Waals surface area contributed by atoms with Crippen LogP contribution in [0.4, 0.5) is 13.2 Å². The van der Waals surface area contributed by atoms with Crippen molar-refractivity contribution in [3.05, 3.63) is 71.3 Å². The Bertz CT molecular complexity index is 992. The lowest BCUT2D eigenvalue weighted by atomic mass is 10.1. The molecule has 0 spiro atoms. The molecule has 0 aliphatic carbocycles. The highest BCUT2D eigenvalue weighted by molar-refractivity contribution is 9.10. The summed E-state index contributed by atoms with van der Waals surface area (Å²) in [7, 11) is -5.34. The zero-order valence-electron chi connectivity index (χ0n) is 12.5. The molecule has 0 unspecified atom stereocenters. The van der Waals surface area contributed by atoms with Crippen LogP contribution in [0.2, 0.25) is 0 Å². The van der Waals surface area contributed by atoms with Crippen molar-refractivity contribution in [3.8, 4) is 16.9 Å². The molecule has 0 aliphatic heterocycles. The number of aromatic nitrogens is 1. The summed E-state index contributed by atoms with van der Waals surface area (Å²) in [5.41, 5.74) is -3.01. The molecule has 0 N–H and O–H groups in total. The molecule has 0 bridgehead atoms. The van der Waals surface area contributed by atoms with E-state index in [0.29, 0.717) is 5.69 Å². The van der Waals surface area contributed by atoms with Crippen LogP contribution in [0.5, 0.6) is 0 Å². The van der Waals surface area contributed by atoms with Gasteiger partial charge in [-0.25, -0.2) is 8.42 Å². The van der Waals surface area contributed by atoms with E-state index in [0.717, 1.165) is 27.9 Å². The number of hydrogen-bond donors (Lipinski definition) is 0. The fourth-order valence-corrected chi connectivity index (χ4v) is 3.41. The van der Waals surface area contributed by atoms with Gasteiger partial charge in [0.05, 0.1) is 10.6 Å². The van der Waals surface area contributed by atoms with E-state index in [1.807, 2.05) is 30.3 Å². The molecule has 2 aromatic carbocycles. The van der Waals surface area contributed by atoms with Gasteiger partial charge in [0.1, 0.15) is 0 Å². The Kier molecular flexibility index (Phi) is 4.51. The molecule has 25 heavy (non-hydrogen) atoms. The van der Waals surface area contributed by atoms with Crippen molar-refractivity contribution in [1.29, 1.82) is 0 Å². The van der Waals surface area contributed by atoms with Crippen molar-refractivity contribution in [2.45, 2.75) is 10.4 Å². The fraction of sp³-hybridized carbons (Fsp3) is 0.0588. The van der Waals surface area contributed by atoms with E-state index in [1.54, 1.807) is 16.8 Å². The van der Waals surface area contributed by atoms with Gasteiger partial charge in [0.15, 0.2) is 0 Å². The van der Waals surface area contributed by atoms with E-state index in [4.69, 9.17) is 0 Å². The second-order valence-corrected chi connectivity index (χ2v) is 8.07. The summed E-state index contributed by atoms with van der Waals surface area (Å²) in [6.07, 6.45) is 1.75. The van der Waals surface area contributed by atoms with E-state index in [2.05, 4.69) is 15.9 Å². The maximum absolute atomic E-state index is 12.6. The molecule has 0 radical (unpaired) electrons. The van der Waals surface area contributed by atoms with Crippen molar-refractivity contribution in [3.63, 3.8) is 0 Å². The Morgan fingerprint density at radius 1 is 0.880 bits per heavy atom. The van der Waals surface area contributed by atoms with E-state index in [-0.39, 0.29) is 0 Å². The van der Waals surface area contributed by atoms with Gasteiger partial charge in [-0.1, -0.05) is 28.1 Å². The van der Waals surface area contributed by atoms with Crippen molar-refractivity contribution < 1.29 is 21.6 Å². The summed E-state index contributed by atoms with van der Waals surface area (Å²) in [5, 5.41) is 0. The Morgan fingerprint density at radius 3 is 2.04 bits per heavy atom. The largest absolute Gasteiger partial charge is 0.501 e. The van der Waals surface area contributed by atoms with Crippen LogP contribution in [0.3, 0.4) is 0 Å². The highest BCUT2D eigenvalue weighted by atomic mass is 79.9. The Hall–Kier alpha value is -2.06. The molecule has 0 fully saturated rings. The first-order valence-corrected chi connectivity index (χ1v) is 9.33. The minimum absolute atomic E-state index is 0.559. The summed E-state index contributed by atoms with van der Waals surface area (Å²) in [6, 6.07) is 15.9. The predicted molar refractivity (Wildman–Crippen MR) is 92.1 cm³/mol. The van der Waals surface area contributed by atoms with Crippen LogP contribution in [0.25, 0.3) is 16.9 Å². The van der Waals surface area contributed by atoms with Crippen LogP contribution in [0, 0.1) is 0 Å². The van der Waals surface area contributed by atoms with Gasteiger partial charge in [-0.2, -0.15) is 13.2 Å². The molecule has 0 saturated heterocycles. The van der Waals surface area contributed by atoms with Crippen molar-refractivity contribution in [1.82, 2.24) is 4.57 Å². The highest BCUT2D eigenvalue weighted by Crippen LogP contribution is 2.31. The highest BCUT2D eigenvalue weighted by Gasteiger charge is 2.46. The van der Waals surface area contributed by atoms with Crippen molar-refractivity contribution in [2.75, 3.05) is 0 Å². The first-order chi connectivity index (χ1) is 11.7. The number of alkyl halides is 3. The van der Waals surface area contributed by atoms with Gasteiger partial charge in [0, 0.05) is 16.4 Å². The Labute approximate surface area is 150 Å². The molecule has 0 saturated carbocycles. The standard InChI is InChI=1S/C17H11BrF3NO2S/c18-13-5-3-12(4-6-13)16-2-1-11-22(16)14-7-9-15(10-8-14)25(23,24)17(19,20)21/h1-11H. The van der Waals surface area contributed by atoms with Gasteiger partial charge in [-0.3, -0.25) is 0 Å². The minimum Gasteiger partial charge on any atom is -0.317 e. The monoisotopic (exact) mass is 429 g/mol. The van der Waals surface area contributed by atoms with Crippen LogP contribution < -0.4 is 0 Å². The number of nitrogens with zero attached hydrogens (tertiary/aromatic N) is 1. The Morgan fingerprint density at radius 2 is 1.48 bits per heavy atom. The maximum Gasteiger partial charge on any atom is 0.501 e. The van der Waals surface area contributed by atoms with Gasteiger partial charge in [0.2, 0.25) is 0 Å². The van der Waals surface area contributed by atoms with Crippen LogP contribution in [0.1, 0.15) is 0 Å². The predicted octanol–water partition coefficient (Wildman–Crippen LogP) is 5.20. The molecule has 3 aromatic rings. The third-order valence-corrected chi connectivity index (χ3v) is 5.65. The lowest BCUT2D eigenvalue weighted by Crippen LogP contribution is -2.23. The Balaban J connectivity index is 2.00. The molecule has 0 atom stereocenters. The lowest BCUT2D eigenvalue weighted by Gasteiger charge is -2.12. The van der Waals surface area contributed by atoms with E-state index < -0.39 is 20.2 Å². The van der Waals surface area contributed by atoms with Gasteiger partial charge < -0.3 is 4.57 Å². The maximum atomic E-state index is 12.6. The number of sulfone groups is 1. The molecule has 3 rings (SSSR count). The SMILES string of the molecule is O=S(=O)(c1ccc(-n2cccc2-c2ccc(Br)cc2)cc1)C(F)(F)F. The first-order valence-electron chi connectivity index (χ1n) is 7.05. The topological polar surface area (TPSA) is 39.1 Å². The van der Waals surface area contributed by atoms with Crippen molar-refractivity contribution >= 4 is 25.8 Å². The normalized spacial score (nSPS) is 12.3. The van der Waals surface area contributed by atoms with Crippen molar-refractivity contribution in [2.24, 2.45) is 0 Å². The number of halogens is 4. The summed E-state index contributed by atoms with van der Waals surface area (Å²) in [6.45, 7) is 0. The molecular weight excluding hydrogens is 419 g/mol. The molecule has 1 aromatic heterocycles. The van der Waals surface area contributed by atoms with Crippen LogP contribution in [-0.2, 0) is 9.84 Å². The third kappa shape index (κ3) is 3.36. The average molecular weight is 430 g/mol. The number of benzene rings is 2. The van der Waals surface area contributed by atoms with Gasteiger partial charge in [-0.05, 0) is 54.1 Å². The van der Waals surface area contributed by atoms with E-state index in [1.165, 1.54) is 12.1 Å². The zero-order valence-corrected chi connectivity index (χ0v) is 14.9. The van der Waals surface area contributed by atoms with Crippen LogP contribution >= 0.6 is 15.9 Å². The molecule has 0 amide bonds. The van der Waals surface area contributed by atoms with Crippen LogP contribution in [-0.4, -0.2) is 18.5 Å². The minimum atomic E-state index is -5.34. The molecule has 0 aliphatic rings. The molecule has 130 valence electrons. The summed E-state index contributed by atoms with van der Waals surface area (Å²) in [5.74, 6) is 0. The van der Waals surface area contributed by atoms with Gasteiger partial charge >= 0.3 is 5.51 Å². The summed E-state index contributed by atoms with van der Waals surface area (Å²) in [4.78, 5) is -0.777. The lowest BCUT2D eigenvalue weighted by molar-refractivity contribution is -0.0436. The average Bonchev–Trinajstić information content (AvgIpc) is 3.04. The fourth-order valence-electron chi connectivity index (χ4n) is 2.38. The first kappa shape index (κ1) is 17.8. The number of rotatable bonds is 3. The quantitative estimate of drug-likeness (QED) is 0.573. The van der Waals surface area contributed by atoms with Gasteiger partial charge in [-0.15, -0.1) is 0 Å². The van der Waals surface area contributed by atoms with Crippen LogP contribution in [0.15, 0.2) is 76.2 Å². The third-order valence-electron chi connectivity index (χ3n) is 3.62. The number of hydrogen-bond acceptors (Lipinski definition) is 2. The smallest absolute Gasteiger partial charge is 0.317 e. The molecule has 3 nitrogen and oxygen atoms in total. The second kappa shape index (κ2) is 6.34. The molecule has 1 heterocycles. The van der Waals surface area contributed by atoms with E-state index >= 15 is 0 Å². The van der Waals surface area contributed by atoms with E-state index in [9.17, 15) is 21.6 Å².